The van der Waals surface area contributed by atoms with Gasteiger partial charge in [-0.15, -0.1) is 0 Å². The predicted octanol–water partition coefficient (Wildman–Crippen LogP) is 1.48. The van der Waals surface area contributed by atoms with E-state index in [1.165, 1.54) is 0 Å². The highest BCUT2D eigenvalue weighted by Gasteiger charge is 2.44. The van der Waals surface area contributed by atoms with E-state index in [1.54, 1.807) is 12.4 Å². The van der Waals surface area contributed by atoms with Gasteiger partial charge in [0.1, 0.15) is 5.60 Å². The maximum absolute atomic E-state index is 5.18. The summed E-state index contributed by atoms with van der Waals surface area (Å²) in [6.45, 7) is 2.71. The molecule has 1 unspecified atom stereocenters. The van der Waals surface area contributed by atoms with Gasteiger partial charge in [0.25, 0.3) is 0 Å². The average molecular weight is 215 g/mol. The van der Waals surface area contributed by atoms with Crippen LogP contribution in [0.4, 0.5) is 0 Å². The zero-order valence-corrected chi connectivity index (χ0v) is 7.63. The van der Waals surface area contributed by atoms with E-state index in [0.29, 0.717) is 0 Å². The molecule has 1 atom stereocenters. The lowest BCUT2D eigenvalue weighted by Crippen LogP contribution is -2.07. The van der Waals surface area contributed by atoms with E-state index in [4.69, 9.17) is 4.74 Å². The van der Waals surface area contributed by atoms with Gasteiger partial charge in [-0.25, -0.2) is 9.97 Å². The van der Waals surface area contributed by atoms with Crippen molar-refractivity contribution in [3.05, 3.63) is 22.7 Å². The molecule has 0 bridgehead atoms. The predicted molar refractivity (Wildman–Crippen MR) is 43.0 cm³/mol. The number of nitrogens with zero attached hydrogens (tertiary/aromatic N) is 2. The summed E-state index contributed by atoms with van der Waals surface area (Å²) in [6.07, 6.45) is 3.46. The Labute approximate surface area is 72.9 Å². The maximum atomic E-state index is 5.18. The first-order valence-electron chi connectivity index (χ1n) is 3.33. The molecule has 1 aliphatic rings. The zero-order chi connectivity index (χ0) is 7.90. The molecule has 2 heterocycles. The molecule has 0 radical (unpaired) electrons. The summed E-state index contributed by atoms with van der Waals surface area (Å²) in [4.78, 5) is 8.26. The van der Waals surface area contributed by atoms with Crippen LogP contribution in [0.5, 0.6) is 0 Å². The summed E-state index contributed by atoms with van der Waals surface area (Å²) in [5.41, 5.74) is -0.208. The monoisotopic (exact) mass is 214 g/mol. The Balaban J connectivity index is 2.33. The molecule has 2 rings (SSSR count). The Morgan fingerprint density at radius 1 is 1.55 bits per heavy atom. The highest BCUT2D eigenvalue weighted by Crippen LogP contribution is 2.35. The Morgan fingerprint density at radius 2 is 2.09 bits per heavy atom. The van der Waals surface area contributed by atoms with Crippen LogP contribution >= 0.6 is 15.9 Å². The van der Waals surface area contributed by atoms with Crippen LogP contribution in [0.1, 0.15) is 12.7 Å². The second-order valence-electron chi connectivity index (χ2n) is 2.74. The van der Waals surface area contributed by atoms with E-state index in [-0.39, 0.29) is 5.60 Å². The van der Waals surface area contributed by atoms with E-state index in [2.05, 4.69) is 25.9 Å². The van der Waals surface area contributed by atoms with Gasteiger partial charge in [-0.05, 0) is 22.9 Å². The summed E-state index contributed by atoms with van der Waals surface area (Å²) in [5.74, 6) is 0.765. The van der Waals surface area contributed by atoms with Crippen molar-refractivity contribution >= 4 is 15.9 Å². The van der Waals surface area contributed by atoms with Gasteiger partial charge >= 0.3 is 0 Å². The molecule has 0 amide bonds. The lowest BCUT2D eigenvalue weighted by molar-refractivity contribution is 0.317. The molecule has 1 aromatic rings. The first kappa shape index (κ1) is 7.18. The lowest BCUT2D eigenvalue weighted by Gasteiger charge is -2.01. The highest BCUT2D eigenvalue weighted by atomic mass is 79.9. The minimum atomic E-state index is -0.208. The molecule has 0 saturated carbocycles. The Hall–Kier alpha value is -0.480. The molecule has 1 aliphatic heterocycles. The molecule has 4 heteroatoms. The third-order valence-corrected chi connectivity index (χ3v) is 2.08. The van der Waals surface area contributed by atoms with Crippen molar-refractivity contribution < 1.29 is 4.74 Å². The smallest absolute Gasteiger partial charge is 0.162 e. The molecular weight excluding hydrogens is 208 g/mol. The second-order valence-corrected chi connectivity index (χ2v) is 3.66. The summed E-state index contributed by atoms with van der Waals surface area (Å²) in [6, 6.07) is 0. The van der Waals surface area contributed by atoms with E-state index in [1.807, 2.05) is 6.92 Å². The third kappa shape index (κ3) is 1.28. The molecule has 0 N–H and O–H groups in total. The van der Waals surface area contributed by atoms with E-state index < -0.39 is 0 Å². The first-order chi connectivity index (χ1) is 5.21. The van der Waals surface area contributed by atoms with Gasteiger partial charge in [0.05, 0.1) is 11.1 Å². The molecule has 11 heavy (non-hydrogen) atoms. The number of hydrogen-bond acceptors (Lipinski definition) is 3. The van der Waals surface area contributed by atoms with Gasteiger partial charge < -0.3 is 4.74 Å². The molecular formula is C7H7BrN2O. The van der Waals surface area contributed by atoms with Crippen molar-refractivity contribution in [2.75, 3.05) is 6.61 Å². The van der Waals surface area contributed by atoms with Crippen LogP contribution in [-0.4, -0.2) is 16.6 Å². The maximum Gasteiger partial charge on any atom is 0.162 e. The molecule has 1 aromatic heterocycles. The fraction of sp³-hybridized carbons (Fsp3) is 0.429. The van der Waals surface area contributed by atoms with Crippen LogP contribution in [0, 0.1) is 0 Å². The highest BCUT2D eigenvalue weighted by molar-refractivity contribution is 9.10. The van der Waals surface area contributed by atoms with Gasteiger partial charge in [0.2, 0.25) is 0 Å². The van der Waals surface area contributed by atoms with Crippen molar-refractivity contribution in [2.45, 2.75) is 12.5 Å². The Kier molecular flexibility index (Phi) is 1.47. The van der Waals surface area contributed by atoms with Gasteiger partial charge in [-0.3, -0.25) is 0 Å². The van der Waals surface area contributed by atoms with Crippen LogP contribution < -0.4 is 0 Å². The van der Waals surface area contributed by atoms with Crippen LogP contribution in [0.3, 0.4) is 0 Å². The number of hydrogen-bond donors (Lipinski definition) is 0. The second kappa shape index (κ2) is 2.25. The normalized spacial score (nSPS) is 28.5. The quantitative estimate of drug-likeness (QED) is 0.666. The van der Waals surface area contributed by atoms with Crippen LogP contribution in [0.25, 0.3) is 0 Å². The van der Waals surface area contributed by atoms with E-state index >= 15 is 0 Å². The van der Waals surface area contributed by atoms with Crippen molar-refractivity contribution in [1.82, 2.24) is 9.97 Å². The summed E-state index contributed by atoms with van der Waals surface area (Å²) in [7, 11) is 0. The van der Waals surface area contributed by atoms with Gasteiger partial charge in [-0.2, -0.15) is 0 Å². The van der Waals surface area contributed by atoms with Crippen molar-refractivity contribution in [1.29, 1.82) is 0 Å². The van der Waals surface area contributed by atoms with Gasteiger partial charge in [0.15, 0.2) is 5.82 Å². The minimum absolute atomic E-state index is 0.208. The summed E-state index contributed by atoms with van der Waals surface area (Å²) in [5, 5.41) is 0. The lowest BCUT2D eigenvalue weighted by atomic mass is 10.2. The first-order valence-corrected chi connectivity index (χ1v) is 4.12. The summed E-state index contributed by atoms with van der Waals surface area (Å²) < 4.78 is 6.08. The molecule has 0 aromatic carbocycles. The number of aromatic nitrogens is 2. The van der Waals surface area contributed by atoms with Crippen LogP contribution in [0.15, 0.2) is 16.9 Å². The standard InChI is InChI=1S/C7H7BrN2O/c1-7(4-11-7)6-9-2-5(8)3-10-6/h2-3H,4H2,1H3. The fourth-order valence-electron chi connectivity index (χ4n) is 0.823. The third-order valence-electron chi connectivity index (χ3n) is 1.67. The largest absolute Gasteiger partial charge is 0.361 e. The van der Waals surface area contributed by atoms with Crippen molar-refractivity contribution in [3.63, 3.8) is 0 Å². The SMILES string of the molecule is CC1(c2ncc(Br)cn2)CO1. The van der Waals surface area contributed by atoms with Crippen LogP contribution in [0.2, 0.25) is 0 Å². The zero-order valence-electron chi connectivity index (χ0n) is 6.04. The molecule has 58 valence electrons. The van der Waals surface area contributed by atoms with Crippen molar-refractivity contribution in [2.24, 2.45) is 0 Å². The number of ether oxygens (including phenoxy) is 1. The van der Waals surface area contributed by atoms with E-state index in [9.17, 15) is 0 Å². The van der Waals surface area contributed by atoms with Gasteiger partial charge in [0, 0.05) is 12.4 Å². The van der Waals surface area contributed by atoms with Crippen LogP contribution in [-0.2, 0) is 10.3 Å². The molecule has 0 spiro atoms. The molecule has 3 nitrogen and oxygen atoms in total. The van der Waals surface area contributed by atoms with Crippen molar-refractivity contribution in [3.8, 4) is 0 Å². The Bertz CT molecular complexity index is 268. The Morgan fingerprint density at radius 3 is 2.55 bits per heavy atom. The summed E-state index contributed by atoms with van der Waals surface area (Å²) >= 11 is 3.27. The molecule has 1 saturated heterocycles. The fourth-order valence-corrected chi connectivity index (χ4v) is 1.03. The number of rotatable bonds is 1. The number of halogens is 1. The molecule has 0 aliphatic carbocycles. The number of epoxide rings is 1. The van der Waals surface area contributed by atoms with Gasteiger partial charge in [-0.1, -0.05) is 0 Å². The average Bonchev–Trinajstić information content (AvgIpc) is 2.70. The van der Waals surface area contributed by atoms with E-state index in [0.717, 1.165) is 16.9 Å². The minimum Gasteiger partial charge on any atom is -0.361 e. The topological polar surface area (TPSA) is 38.3 Å². The molecule has 1 fully saturated rings.